The van der Waals surface area contributed by atoms with Gasteiger partial charge in [0.05, 0.1) is 12.0 Å². The number of benzene rings is 3. The van der Waals surface area contributed by atoms with Gasteiger partial charge in [-0.2, -0.15) is 4.98 Å². The van der Waals surface area contributed by atoms with E-state index in [1.807, 2.05) is 60.7 Å². The number of allylic oxidation sites excluding steroid dienone is 1. The molecule has 174 valence electrons. The van der Waals surface area contributed by atoms with Crippen molar-refractivity contribution in [3.63, 3.8) is 0 Å². The average molecular weight is 468 g/mol. The van der Waals surface area contributed by atoms with Gasteiger partial charge in [-0.15, -0.1) is 5.10 Å². The van der Waals surface area contributed by atoms with Crippen molar-refractivity contribution >= 4 is 29.2 Å². The van der Waals surface area contributed by atoms with Crippen LogP contribution < -0.4 is 15.4 Å². The number of aromatic nitrogens is 3. The molecule has 10 nitrogen and oxygen atoms in total. The summed E-state index contributed by atoms with van der Waals surface area (Å²) in [6, 6.07) is 22.6. The van der Waals surface area contributed by atoms with Crippen molar-refractivity contribution in [3.05, 3.63) is 112 Å². The van der Waals surface area contributed by atoms with Gasteiger partial charge in [-0.05, 0) is 35.4 Å². The Morgan fingerprint density at radius 1 is 1.09 bits per heavy atom. The fraction of sp³-hybridized carbons (Fsp3) is 0.0800. The average Bonchev–Trinajstić information content (AvgIpc) is 3.31. The molecule has 3 aromatic carbocycles. The largest absolute Gasteiger partial charge is 0.497 e. The van der Waals surface area contributed by atoms with Crippen LogP contribution in [0.4, 0.5) is 17.6 Å². The quantitative estimate of drug-likeness (QED) is 0.315. The second-order valence-corrected chi connectivity index (χ2v) is 7.75. The summed E-state index contributed by atoms with van der Waals surface area (Å²) in [5.41, 5.74) is 2.73. The highest BCUT2D eigenvalue weighted by Gasteiger charge is 2.26. The molecule has 1 aliphatic heterocycles. The van der Waals surface area contributed by atoms with Crippen molar-refractivity contribution in [3.8, 4) is 5.75 Å². The molecule has 0 aliphatic carbocycles. The standard InChI is InChI=1S/C25H20N6O4/c1-35-20-12-10-17(11-13-20)22-15-21(16-6-3-2-4-7-16)26-25-28-24(29-30(22)25)27-23(32)18-8-5-9-19(14-18)31(33)34/h2-15,22H,1H3,(H2,26,27,28,29,32). The minimum Gasteiger partial charge on any atom is -0.497 e. The number of nitrogens with zero attached hydrogens (tertiary/aromatic N) is 4. The molecule has 1 amide bonds. The molecule has 2 heterocycles. The van der Waals surface area contributed by atoms with Crippen LogP contribution in [0.2, 0.25) is 0 Å². The Morgan fingerprint density at radius 2 is 1.86 bits per heavy atom. The van der Waals surface area contributed by atoms with Crippen LogP contribution in [-0.2, 0) is 0 Å². The maximum absolute atomic E-state index is 12.7. The lowest BCUT2D eigenvalue weighted by Crippen LogP contribution is -2.20. The van der Waals surface area contributed by atoms with Gasteiger partial charge >= 0.3 is 0 Å². The number of nitro benzene ring substituents is 1. The zero-order valence-corrected chi connectivity index (χ0v) is 18.6. The van der Waals surface area contributed by atoms with Gasteiger partial charge in [-0.25, -0.2) is 4.68 Å². The summed E-state index contributed by atoms with van der Waals surface area (Å²) in [5.74, 6) is 0.708. The highest BCUT2D eigenvalue weighted by molar-refractivity contribution is 6.03. The van der Waals surface area contributed by atoms with E-state index in [1.165, 1.54) is 24.3 Å². The minimum atomic E-state index is -0.551. The van der Waals surface area contributed by atoms with Gasteiger partial charge in [0.2, 0.25) is 5.95 Å². The number of ether oxygens (including phenoxy) is 1. The van der Waals surface area contributed by atoms with E-state index < -0.39 is 10.8 Å². The number of non-ortho nitro benzene ring substituents is 1. The monoisotopic (exact) mass is 468 g/mol. The fourth-order valence-electron chi connectivity index (χ4n) is 3.81. The molecule has 0 radical (unpaired) electrons. The van der Waals surface area contributed by atoms with Crippen LogP contribution in [0, 0.1) is 10.1 Å². The number of anilines is 2. The van der Waals surface area contributed by atoms with Gasteiger partial charge in [0.25, 0.3) is 17.5 Å². The van der Waals surface area contributed by atoms with Crippen molar-refractivity contribution in [2.75, 3.05) is 17.7 Å². The number of carbonyl (C=O) groups is 1. The summed E-state index contributed by atoms with van der Waals surface area (Å²) in [5, 5.41) is 21.5. The number of carbonyl (C=O) groups excluding carboxylic acids is 1. The first-order valence-electron chi connectivity index (χ1n) is 10.7. The van der Waals surface area contributed by atoms with E-state index in [9.17, 15) is 14.9 Å². The third kappa shape index (κ3) is 4.44. The SMILES string of the molecule is COc1ccc(C2C=C(c3ccccc3)Nc3nc(NC(=O)c4cccc([N+](=O)[O-])c4)nn32)cc1. The summed E-state index contributed by atoms with van der Waals surface area (Å²) in [6.07, 6.45) is 2.03. The summed E-state index contributed by atoms with van der Waals surface area (Å²) in [6.45, 7) is 0. The molecule has 0 bridgehead atoms. The number of nitrogens with one attached hydrogen (secondary N) is 2. The van der Waals surface area contributed by atoms with Crippen LogP contribution in [0.1, 0.15) is 27.5 Å². The molecule has 0 fully saturated rings. The lowest BCUT2D eigenvalue weighted by Gasteiger charge is -2.24. The molecule has 1 unspecified atom stereocenters. The number of methoxy groups -OCH3 is 1. The highest BCUT2D eigenvalue weighted by atomic mass is 16.6. The van der Waals surface area contributed by atoms with E-state index in [2.05, 4.69) is 20.7 Å². The predicted molar refractivity (Wildman–Crippen MR) is 130 cm³/mol. The first-order chi connectivity index (χ1) is 17.0. The second kappa shape index (κ2) is 9.10. The summed E-state index contributed by atoms with van der Waals surface area (Å²) < 4.78 is 6.96. The molecular weight excluding hydrogens is 448 g/mol. The zero-order chi connectivity index (χ0) is 24.4. The minimum absolute atomic E-state index is 0.0743. The predicted octanol–water partition coefficient (Wildman–Crippen LogP) is 4.50. The van der Waals surface area contributed by atoms with Crippen LogP contribution in [0.25, 0.3) is 5.70 Å². The maximum atomic E-state index is 12.7. The van der Waals surface area contributed by atoms with Crippen LogP contribution in [0.3, 0.4) is 0 Å². The molecule has 35 heavy (non-hydrogen) atoms. The summed E-state index contributed by atoms with van der Waals surface area (Å²) in [4.78, 5) is 27.7. The maximum Gasteiger partial charge on any atom is 0.270 e. The van der Waals surface area contributed by atoms with Gasteiger partial charge in [-0.1, -0.05) is 48.5 Å². The Bertz CT molecular complexity index is 1430. The first kappa shape index (κ1) is 21.8. The topological polar surface area (TPSA) is 124 Å². The van der Waals surface area contributed by atoms with Gasteiger partial charge < -0.3 is 10.1 Å². The first-order valence-corrected chi connectivity index (χ1v) is 10.7. The fourth-order valence-corrected chi connectivity index (χ4v) is 3.81. The number of hydrogen-bond acceptors (Lipinski definition) is 7. The third-order valence-corrected chi connectivity index (χ3v) is 5.55. The number of fused-ring (bicyclic) bond motifs is 1. The zero-order valence-electron chi connectivity index (χ0n) is 18.6. The van der Waals surface area contributed by atoms with E-state index >= 15 is 0 Å². The molecule has 1 aromatic heterocycles. The van der Waals surface area contributed by atoms with Crippen molar-refractivity contribution in [1.29, 1.82) is 0 Å². The van der Waals surface area contributed by atoms with E-state index in [4.69, 9.17) is 4.74 Å². The van der Waals surface area contributed by atoms with Crippen LogP contribution >= 0.6 is 0 Å². The van der Waals surface area contributed by atoms with Crippen LogP contribution in [0.5, 0.6) is 5.75 Å². The van der Waals surface area contributed by atoms with Crippen LogP contribution in [-0.4, -0.2) is 32.7 Å². The van der Waals surface area contributed by atoms with E-state index in [0.717, 1.165) is 22.6 Å². The van der Waals surface area contributed by atoms with E-state index in [0.29, 0.717) is 5.95 Å². The Balaban J connectivity index is 1.48. The molecular formula is C25H20N6O4. The van der Waals surface area contributed by atoms with Crippen LogP contribution in [0.15, 0.2) is 84.9 Å². The van der Waals surface area contributed by atoms with Crippen molar-refractivity contribution in [2.45, 2.75) is 6.04 Å². The third-order valence-electron chi connectivity index (χ3n) is 5.55. The van der Waals surface area contributed by atoms with Gasteiger partial charge in [0.15, 0.2) is 0 Å². The Hall–Kier alpha value is -4.99. The number of nitro groups is 1. The Morgan fingerprint density at radius 3 is 2.57 bits per heavy atom. The lowest BCUT2D eigenvalue weighted by atomic mass is 10.0. The summed E-state index contributed by atoms with van der Waals surface area (Å²) >= 11 is 0. The van der Waals surface area contributed by atoms with Crippen molar-refractivity contribution < 1.29 is 14.5 Å². The van der Waals surface area contributed by atoms with E-state index in [1.54, 1.807) is 11.8 Å². The Labute approximate surface area is 200 Å². The Kier molecular flexibility index (Phi) is 5.68. The molecule has 0 spiro atoms. The highest BCUT2D eigenvalue weighted by Crippen LogP contribution is 2.33. The normalized spacial score (nSPS) is 14.3. The van der Waals surface area contributed by atoms with E-state index in [-0.39, 0.29) is 23.2 Å². The van der Waals surface area contributed by atoms with Gasteiger partial charge in [0, 0.05) is 23.4 Å². The molecule has 0 saturated carbocycles. The molecule has 1 atom stereocenters. The molecule has 2 N–H and O–H groups in total. The molecule has 4 aromatic rings. The number of hydrogen-bond donors (Lipinski definition) is 2. The lowest BCUT2D eigenvalue weighted by molar-refractivity contribution is -0.384. The summed E-state index contributed by atoms with van der Waals surface area (Å²) in [7, 11) is 1.61. The number of amides is 1. The van der Waals surface area contributed by atoms with Gasteiger partial charge in [0.1, 0.15) is 11.8 Å². The van der Waals surface area contributed by atoms with Crippen molar-refractivity contribution in [2.24, 2.45) is 0 Å². The second-order valence-electron chi connectivity index (χ2n) is 7.75. The van der Waals surface area contributed by atoms with Crippen molar-refractivity contribution in [1.82, 2.24) is 14.8 Å². The number of rotatable bonds is 6. The van der Waals surface area contributed by atoms with Gasteiger partial charge in [-0.3, -0.25) is 20.2 Å². The molecule has 10 heteroatoms. The molecule has 1 aliphatic rings. The molecule has 5 rings (SSSR count). The molecule has 0 saturated heterocycles. The smallest absolute Gasteiger partial charge is 0.270 e.